The average Bonchev–Trinajstić information content (AvgIpc) is 2.28. The van der Waals surface area contributed by atoms with Crippen molar-refractivity contribution >= 4 is 15.7 Å². The Labute approximate surface area is 110 Å². The van der Waals surface area contributed by atoms with Crippen LogP contribution in [0.2, 0.25) is 0 Å². The van der Waals surface area contributed by atoms with Crippen molar-refractivity contribution in [3.8, 4) is 0 Å². The molecule has 0 aromatic heterocycles. The van der Waals surface area contributed by atoms with Gasteiger partial charge >= 0.3 is 0 Å². The van der Waals surface area contributed by atoms with Gasteiger partial charge in [0, 0.05) is 6.04 Å². The molecule has 18 heavy (non-hydrogen) atoms. The number of carbonyl (C=O) groups excluding carboxylic acids is 1. The number of sulfone groups is 1. The van der Waals surface area contributed by atoms with Crippen LogP contribution in [-0.4, -0.2) is 45.0 Å². The number of rotatable bonds is 6. The topological polar surface area (TPSA) is 75.3 Å². The van der Waals surface area contributed by atoms with Crippen LogP contribution in [0.25, 0.3) is 0 Å². The molecule has 1 fully saturated rings. The van der Waals surface area contributed by atoms with Gasteiger partial charge in [0.05, 0.1) is 5.75 Å². The quantitative estimate of drug-likeness (QED) is 0.732. The summed E-state index contributed by atoms with van der Waals surface area (Å²) in [5.74, 6) is -0.491. The number of nitrogens with one attached hydrogen (secondary N) is 2. The third-order valence-electron chi connectivity index (χ3n) is 3.26. The Morgan fingerprint density at radius 2 is 2.22 bits per heavy atom. The zero-order chi connectivity index (χ0) is 13.6. The highest BCUT2D eigenvalue weighted by Gasteiger charge is 2.23. The minimum absolute atomic E-state index is 0.0315. The maximum atomic E-state index is 11.9. The van der Waals surface area contributed by atoms with Crippen LogP contribution in [0.1, 0.15) is 33.1 Å². The molecule has 6 heteroatoms. The van der Waals surface area contributed by atoms with Gasteiger partial charge in [-0.25, -0.2) is 8.42 Å². The van der Waals surface area contributed by atoms with Gasteiger partial charge in [0.2, 0.25) is 5.91 Å². The van der Waals surface area contributed by atoms with Gasteiger partial charge < -0.3 is 10.6 Å². The summed E-state index contributed by atoms with van der Waals surface area (Å²) < 4.78 is 23.8. The lowest BCUT2D eigenvalue weighted by atomic mass is 10.0. The van der Waals surface area contributed by atoms with Gasteiger partial charge in [-0.3, -0.25) is 4.79 Å². The second-order valence-electron chi connectivity index (χ2n) is 5.14. The number of carbonyl (C=O) groups is 1. The van der Waals surface area contributed by atoms with Crippen LogP contribution >= 0.6 is 0 Å². The SMILES string of the molecule is CCC(C)NC(=O)CS(=O)(=O)CC1CCCNC1. The Morgan fingerprint density at radius 1 is 1.50 bits per heavy atom. The van der Waals surface area contributed by atoms with Crippen LogP contribution in [0.5, 0.6) is 0 Å². The molecule has 0 aromatic rings. The Bertz CT molecular complexity index is 362. The predicted octanol–water partition coefficient (Wildman–Crippen LogP) is 0.316. The van der Waals surface area contributed by atoms with E-state index in [-0.39, 0.29) is 29.4 Å². The summed E-state index contributed by atoms with van der Waals surface area (Å²) in [5, 5.41) is 5.88. The van der Waals surface area contributed by atoms with Gasteiger partial charge in [-0.05, 0) is 45.2 Å². The molecule has 1 aliphatic rings. The number of amides is 1. The van der Waals surface area contributed by atoms with E-state index in [1.807, 2.05) is 13.8 Å². The molecule has 1 heterocycles. The second kappa shape index (κ2) is 7.09. The monoisotopic (exact) mass is 276 g/mol. The molecule has 0 saturated carbocycles. The van der Waals surface area contributed by atoms with E-state index >= 15 is 0 Å². The molecule has 5 nitrogen and oxygen atoms in total. The molecular weight excluding hydrogens is 252 g/mol. The first-order valence-corrected chi connectivity index (χ1v) is 8.45. The minimum Gasteiger partial charge on any atom is -0.353 e. The molecule has 2 N–H and O–H groups in total. The minimum atomic E-state index is -3.29. The van der Waals surface area contributed by atoms with E-state index in [0.29, 0.717) is 0 Å². The van der Waals surface area contributed by atoms with E-state index in [1.165, 1.54) is 0 Å². The molecule has 0 aliphatic carbocycles. The van der Waals surface area contributed by atoms with Crippen molar-refractivity contribution in [3.05, 3.63) is 0 Å². The maximum absolute atomic E-state index is 11.9. The third kappa shape index (κ3) is 5.82. The van der Waals surface area contributed by atoms with E-state index < -0.39 is 9.84 Å². The fourth-order valence-electron chi connectivity index (χ4n) is 2.10. The van der Waals surface area contributed by atoms with E-state index in [4.69, 9.17) is 0 Å². The molecule has 0 aromatic carbocycles. The Morgan fingerprint density at radius 3 is 2.78 bits per heavy atom. The Kier molecular flexibility index (Phi) is 6.08. The molecular formula is C12H24N2O3S. The molecule has 1 aliphatic heterocycles. The van der Waals surface area contributed by atoms with Crippen LogP contribution in [0, 0.1) is 5.92 Å². The normalized spacial score (nSPS) is 22.4. The van der Waals surface area contributed by atoms with Gasteiger partial charge in [-0.1, -0.05) is 6.92 Å². The summed E-state index contributed by atoms with van der Waals surface area (Å²) in [5.41, 5.74) is 0. The van der Waals surface area contributed by atoms with Crippen LogP contribution in [0.15, 0.2) is 0 Å². The predicted molar refractivity (Wildman–Crippen MR) is 72.1 cm³/mol. The summed E-state index contributed by atoms with van der Waals surface area (Å²) in [4.78, 5) is 11.6. The summed E-state index contributed by atoms with van der Waals surface area (Å²) >= 11 is 0. The van der Waals surface area contributed by atoms with E-state index in [2.05, 4.69) is 10.6 Å². The molecule has 2 atom stereocenters. The van der Waals surface area contributed by atoms with Gasteiger partial charge in [-0.2, -0.15) is 0 Å². The van der Waals surface area contributed by atoms with Crippen molar-refractivity contribution in [2.75, 3.05) is 24.6 Å². The lowest BCUT2D eigenvalue weighted by Gasteiger charge is -2.22. The lowest BCUT2D eigenvalue weighted by Crippen LogP contribution is -2.39. The zero-order valence-electron chi connectivity index (χ0n) is 11.2. The van der Waals surface area contributed by atoms with Crippen LogP contribution in [0.4, 0.5) is 0 Å². The largest absolute Gasteiger partial charge is 0.353 e. The highest BCUT2D eigenvalue weighted by Crippen LogP contribution is 2.12. The smallest absolute Gasteiger partial charge is 0.235 e. The summed E-state index contributed by atoms with van der Waals surface area (Å²) in [6, 6.07) is 0.0315. The number of piperidine rings is 1. The van der Waals surface area contributed by atoms with Gasteiger partial charge in [0.15, 0.2) is 9.84 Å². The molecule has 0 bridgehead atoms. The van der Waals surface area contributed by atoms with E-state index in [1.54, 1.807) is 0 Å². The molecule has 0 radical (unpaired) electrons. The van der Waals surface area contributed by atoms with Crippen molar-refractivity contribution in [2.24, 2.45) is 5.92 Å². The standard InChI is InChI=1S/C12H24N2O3S/c1-3-10(2)14-12(15)9-18(16,17)8-11-5-4-6-13-7-11/h10-11,13H,3-9H2,1-2H3,(H,14,15). The van der Waals surface area contributed by atoms with E-state index in [9.17, 15) is 13.2 Å². The number of hydrogen-bond donors (Lipinski definition) is 2. The molecule has 1 saturated heterocycles. The third-order valence-corrected chi connectivity index (χ3v) is 4.94. The zero-order valence-corrected chi connectivity index (χ0v) is 12.1. The fraction of sp³-hybridized carbons (Fsp3) is 0.917. The first-order valence-electron chi connectivity index (χ1n) is 6.63. The molecule has 106 valence electrons. The van der Waals surface area contributed by atoms with Crippen molar-refractivity contribution in [1.82, 2.24) is 10.6 Å². The van der Waals surface area contributed by atoms with Crippen molar-refractivity contribution in [3.63, 3.8) is 0 Å². The molecule has 1 amide bonds. The second-order valence-corrected chi connectivity index (χ2v) is 7.25. The van der Waals surface area contributed by atoms with Crippen molar-refractivity contribution < 1.29 is 13.2 Å². The Hall–Kier alpha value is -0.620. The van der Waals surface area contributed by atoms with Gasteiger partial charge in [0.1, 0.15) is 5.75 Å². The van der Waals surface area contributed by atoms with E-state index in [0.717, 1.165) is 32.4 Å². The van der Waals surface area contributed by atoms with Gasteiger partial charge in [-0.15, -0.1) is 0 Å². The molecule has 0 spiro atoms. The number of hydrogen-bond acceptors (Lipinski definition) is 4. The molecule has 1 rings (SSSR count). The van der Waals surface area contributed by atoms with Gasteiger partial charge in [0.25, 0.3) is 0 Å². The summed E-state index contributed by atoms with van der Waals surface area (Å²) in [7, 11) is -3.29. The van der Waals surface area contributed by atoms with Crippen LogP contribution in [-0.2, 0) is 14.6 Å². The average molecular weight is 276 g/mol. The van der Waals surface area contributed by atoms with Crippen LogP contribution < -0.4 is 10.6 Å². The Balaban J connectivity index is 2.40. The summed E-state index contributed by atoms with van der Waals surface area (Å²) in [6.07, 6.45) is 2.75. The summed E-state index contributed by atoms with van der Waals surface area (Å²) in [6.45, 7) is 5.53. The fourth-order valence-corrected chi connectivity index (χ4v) is 3.71. The van der Waals surface area contributed by atoms with Crippen molar-refractivity contribution in [2.45, 2.75) is 39.2 Å². The first kappa shape index (κ1) is 15.4. The maximum Gasteiger partial charge on any atom is 0.235 e. The lowest BCUT2D eigenvalue weighted by molar-refractivity contribution is -0.119. The highest BCUT2D eigenvalue weighted by molar-refractivity contribution is 7.92. The first-order chi connectivity index (χ1) is 8.43. The van der Waals surface area contributed by atoms with Crippen LogP contribution in [0.3, 0.4) is 0 Å². The molecule has 2 unspecified atom stereocenters. The highest BCUT2D eigenvalue weighted by atomic mass is 32.2. The van der Waals surface area contributed by atoms with Crippen molar-refractivity contribution in [1.29, 1.82) is 0 Å².